The van der Waals surface area contributed by atoms with Crippen LogP contribution in [0.2, 0.25) is 0 Å². The molecule has 1 amide bonds. The third-order valence-electron chi connectivity index (χ3n) is 4.26. The van der Waals surface area contributed by atoms with E-state index in [9.17, 15) is 10.1 Å². The summed E-state index contributed by atoms with van der Waals surface area (Å²) >= 11 is 0. The highest BCUT2D eigenvalue weighted by Crippen LogP contribution is 2.21. The number of hydrogen-bond acceptors (Lipinski definition) is 4. The molecule has 2 aromatic carbocycles. The van der Waals surface area contributed by atoms with Crippen molar-refractivity contribution in [2.24, 2.45) is 0 Å². The quantitative estimate of drug-likeness (QED) is 0.658. The van der Waals surface area contributed by atoms with Crippen molar-refractivity contribution >= 4 is 6.09 Å². The number of carbonyl (C=O) groups is 1. The SMILES string of the molecule is Cc1nn(-c2ccccc2)c(COc2ccc(CCNC(=O)O)cc2)c1C#N. The van der Waals surface area contributed by atoms with Gasteiger partial charge in [0.2, 0.25) is 0 Å². The van der Waals surface area contributed by atoms with Crippen molar-refractivity contribution in [2.75, 3.05) is 6.54 Å². The van der Waals surface area contributed by atoms with Crippen LogP contribution in [-0.4, -0.2) is 27.5 Å². The van der Waals surface area contributed by atoms with Crippen LogP contribution >= 0.6 is 0 Å². The predicted molar refractivity (Wildman–Crippen MR) is 104 cm³/mol. The summed E-state index contributed by atoms with van der Waals surface area (Å²) in [6.45, 7) is 2.37. The summed E-state index contributed by atoms with van der Waals surface area (Å²) in [6.07, 6.45) is -0.427. The van der Waals surface area contributed by atoms with E-state index in [0.717, 1.165) is 11.3 Å². The third-order valence-corrected chi connectivity index (χ3v) is 4.26. The molecule has 28 heavy (non-hydrogen) atoms. The highest BCUT2D eigenvalue weighted by Gasteiger charge is 2.16. The highest BCUT2D eigenvalue weighted by atomic mass is 16.5. The Morgan fingerprint density at radius 1 is 1.21 bits per heavy atom. The van der Waals surface area contributed by atoms with Gasteiger partial charge in [-0.3, -0.25) is 0 Å². The molecule has 0 unspecified atom stereocenters. The van der Waals surface area contributed by atoms with E-state index in [1.807, 2.05) is 54.6 Å². The van der Waals surface area contributed by atoms with Gasteiger partial charge in [0.1, 0.15) is 24.0 Å². The van der Waals surface area contributed by atoms with Crippen LogP contribution in [0.4, 0.5) is 4.79 Å². The number of hydrogen-bond donors (Lipinski definition) is 2. The Labute approximate surface area is 162 Å². The van der Waals surface area contributed by atoms with Gasteiger partial charge in [0.05, 0.1) is 17.1 Å². The normalized spacial score (nSPS) is 10.3. The van der Waals surface area contributed by atoms with Gasteiger partial charge in [0.15, 0.2) is 0 Å². The van der Waals surface area contributed by atoms with Gasteiger partial charge in [-0.15, -0.1) is 0 Å². The van der Waals surface area contributed by atoms with Crippen LogP contribution in [0.3, 0.4) is 0 Å². The van der Waals surface area contributed by atoms with Crippen LogP contribution in [0.25, 0.3) is 5.69 Å². The zero-order valence-electron chi connectivity index (χ0n) is 15.4. The Morgan fingerprint density at radius 3 is 2.57 bits per heavy atom. The molecule has 1 aromatic heterocycles. The summed E-state index contributed by atoms with van der Waals surface area (Å²) < 4.78 is 7.62. The summed E-state index contributed by atoms with van der Waals surface area (Å²) in [6, 6.07) is 19.3. The van der Waals surface area contributed by atoms with E-state index >= 15 is 0 Å². The lowest BCUT2D eigenvalue weighted by Gasteiger charge is -2.10. The molecule has 3 rings (SSSR count). The smallest absolute Gasteiger partial charge is 0.404 e. The van der Waals surface area contributed by atoms with Gasteiger partial charge in [-0.05, 0) is 43.2 Å². The van der Waals surface area contributed by atoms with Gasteiger partial charge in [0, 0.05) is 6.54 Å². The van der Waals surface area contributed by atoms with Gasteiger partial charge < -0.3 is 15.2 Å². The van der Waals surface area contributed by atoms with Crippen LogP contribution in [0.1, 0.15) is 22.5 Å². The lowest BCUT2D eigenvalue weighted by atomic mass is 10.1. The van der Waals surface area contributed by atoms with E-state index in [-0.39, 0.29) is 6.61 Å². The molecule has 0 radical (unpaired) electrons. The van der Waals surface area contributed by atoms with Crippen LogP contribution < -0.4 is 10.1 Å². The first-order valence-corrected chi connectivity index (χ1v) is 8.81. The molecular weight excluding hydrogens is 356 g/mol. The number of carboxylic acid groups (broad SMARTS) is 1. The average Bonchev–Trinajstić information content (AvgIpc) is 3.03. The second kappa shape index (κ2) is 8.73. The number of para-hydroxylation sites is 1. The van der Waals surface area contributed by atoms with Crippen molar-refractivity contribution in [3.8, 4) is 17.5 Å². The van der Waals surface area contributed by atoms with Gasteiger partial charge in [-0.25, -0.2) is 9.48 Å². The number of ether oxygens (including phenoxy) is 1. The Kier molecular flexibility index (Phi) is 5.92. The van der Waals surface area contributed by atoms with E-state index < -0.39 is 6.09 Å². The molecule has 0 aliphatic carbocycles. The van der Waals surface area contributed by atoms with Crippen molar-refractivity contribution in [1.29, 1.82) is 5.26 Å². The Bertz CT molecular complexity index is 989. The fourth-order valence-electron chi connectivity index (χ4n) is 2.85. The first-order chi connectivity index (χ1) is 13.6. The zero-order chi connectivity index (χ0) is 19.9. The minimum atomic E-state index is -1.03. The van der Waals surface area contributed by atoms with E-state index in [0.29, 0.717) is 35.7 Å². The lowest BCUT2D eigenvalue weighted by molar-refractivity contribution is 0.194. The molecule has 0 aliphatic heterocycles. The van der Waals surface area contributed by atoms with Crippen molar-refractivity contribution in [1.82, 2.24) is 15.1 Å². The van der Waals surface area contributed by atoms with Crippen molar-refractivity contribution in [2.45, 2.75) is 20.0 Å². The van der Waals surface area contributed by atoms with E-state index in [2.05, 4.69) is 16.5 Å². The standard InChI is InChI=1S/C21H20N4O3/c1-15-19(13-22)20(25(24-15)17-5-3-2-4-6-17)14-28-18-9-7-16(8-10-18)11-12-23-21(26)27/h2-10,23H,11-12,14H2,1H3,(H,26,27). The number of aryl methyl sites for hydroxylation is 1. The summed E-state index contributed by atoms with van der Waals surface area (Å²) in [5.41, 5.74) is 3.74. The second-order valence-electron chi connectivity index (χ2n) is 6.18. The third kappa shape index (κ3) is 4.48. The van der Waals surface area contributed by atoms with Crippen molar-refractivity contribution in [3.63, 3.8) is 0 Å². The van der Waals surface area contributed by atoms with E-state index in [1.165, 1.54) is 0 Å². The Hall–Kier alpha value is -3.79. The number of nitriles is 1. The van der Waals surface area contributed by atoms with Gasteiger partial charge in [-0.1, -0.05) is 30.3 Å². The Morgan fingerprint density at radius 2 is 1.93 bits per heavy atom. The minimum absolute atomic E-state index is 0.207. The molecule has 0 spiro atoms. The molecule has 142 valence electrons. The molecule has 7 heteroatoms. The van der Waals surface area contributed by atoms with E-state index in [4.69, 9.17) is 9.84 Å². The maximum absolute atomic E-state index is 10.5. The van der Waals surface area contributed by atoms with Crippen molar-refractivity contribution < 1.29 is 14.6 Å². The fraction of sp³-hybridized carbons (Fsp3) is 0.190. The molecule has 3 aromatic rings. The molecule has 7 nitrogen and oxygen atoms in total. The molecule has 0 atom stereocenters. The maximum Gasteiger partial charge on any atom is 0.404 e. The summed E-state index contributed by atoms with van der Waals surface area (Å²) in [5.74, 6) is 0.664. The monoisotopic (exact) mass is 376 g/mol. The number of benzene rings is 2. The average molecular weight is 376 g/mol. The molecule has 0 bridgehead atoms. The first-order valence-electron chi connectivity index (χ1n) is 8.81. The molecule has 2 N–H and O–H groups in total. The molecule has 0 saturated carbocycles. The molecule has 0 saturated heterocycles. The number of nitrogens with one attached hydrogen (secondary N) is 1. The van der Waals surface area contributed by atoms with Crippen LogP contribution in [0.15, 0.2) is 54.6 Å². The number of nitrogens with zero attached hydrogens (tertiary/aromatic N) is 3. The number of rotatable bonds is 7. The molecule has 0 fully saturated rings. The predicted octanol–water partition coefficient (Wildman–Crippen LogP) is 3.44. The Balaban J connectivity index is 1.72. The van der Waals surface area contributed by atoms with Crippen LogP contribution in [0, 0.1) is 18.3 Å². The highest BCUT2D eigenvalue weighted by molar-refractivity contribution is 5.64. The van der Waals surface area contributed by atoms with Crippen LogP contribution in [-0.2, 0) is 13.0 Å². The topological polar surface area (TPSA) is 100 Å². The van der Waals surface area contributed by atoms with Gasteiger partial charge in [-0.2, -0.15) is 10.4 Å². The first kappa shape index (κ1) is 19.0. The summed E-state index contributed by atoms with van der Waals surface area (Å²) in [5, 5.41) is 24.9. The zero-order valence-corrected chi connectivity index (χ0v) is 15.4. The van der Waals surface area contributed by atoms with Gasteiger partial charge >= 0.3 is 6.09 Å². The molecule has 1 heterocycles. The summed E-state index contributed by atoms with van der Waals surface area (Å²) in [7, 11) is 0. The van der Waals surface area contributed by atoms with E-state index in [1.54, 1.807) is 11.6 Å². The minimum Gasteiger partial charge on any atom is -0.487 e. The maximum atomic E-state index is 10.5. The second-order valence-corrected chi connectivity index (χ2v) is 6.18. The lowest BCUT2D eigenvalue weighted by Crippen LogP contribution is -2.23. The summed E-state index contributed by atoms with van der Waals surface area (Å²) in [4.78, 5) is 10.5. The van der Waals surface area contributed by atoms with Gasteiger partial charge in [0.25, 0.3) is 0 Å². The number of aromatic nitrogens is 2. The van der Waals surface area contributed by atoms with Crippen LogP contribution in [0.5, 0.6) is 5.75 Å². The number of amides is 1. The van der Waals surface area contributed by atoms with Crippen molar-refractivity contribution in [3.05, 3.63) is 77.1 Å². The largest absolute Gasteiger partial charge is 0.487 e. The fourth-order valence-corrected chi connectivity index (χ4v) is 2.85. The molecule has 0 aliphatic rings. The molecular formula is C21H20N4O3.